The Hall–Kier alpha value is -1.38. The molecule has 29 heavy (non-hydrogen) atoms. The number of unbranched alkanes of at least 4 members (excludes halogenated alkanes) is 2. The van der Waals surface area contributed by atoms with Gasteiger partial charge in [0.15, 0.2) is 0 Å². The Morgan fingerprint density at radius 3 is 2.83 bits per heavy atom. The van der Waals surface area contributed by atoms with E-state index in [2.05, 4.69) is 68.6 Å². The maximum Gasteiger partial charge on any atom is 0.0611 e. The first kappa shape index (κ1) is 22.3. The molecule has 0 spiro atoms. The van der Waals surface area contributed by atoms with Crippen LogP contribution in [0.5, 0.6) is 0 Å². The summed E-state index contributed by atoms with van der Waals surface area (Å²) in [6, 6.07) is 9.39. The maximum atomic E-state index is 10.6. The molecule has 0 unspecified atom stereocenters. The number of hydrogen-bond acceptors (Lipinski definition) is 2. The number of nitrogens with one attached hydrogen (secondary N) is 1. The summed E-state index contributed by atoms with van der Waals surface area (Å²) in [7, 11) is 0. The number of aryl methyl sites for hydroxylation is 2. The van der Waals surface area contributed by atoms with Crippen molar-refractivity contribution in [2.24, 2.45) is 17.8 Å². The van der Waals surface area contributed by atoms with Crippen LogP contribution in [-0.4, -0.2) is 23.8 Å². The summed E-state index contributed by atoms with van der Waals surface area (Å²) in [5.41, 5.74) is 4.40. The zero-order chi connectivity index (χ0) is 20.6. The van der Waals surface area contributed by atoms with E-state index in [1.807, 2.05) is 0 Å². The van der Waals surface area contributed by atoms with Gasteiger partial charge in [-0.05, 0) is 75.8 Å². The van der Waals surface area contributed by atoms with E-state index in [-0.39, 0.29) is 6.10 Å². The fourth-order valence-corrected chi connectivity index (χ4v) is 5.21. The molecular weight excluding hydrogens is 354 g/mol. The normalized spacial score (nSPS) is 26.4. The molecule has 0 saturated heterocycles. The van der Waals surface area contributed by atoms with Crippen molar-refractivity contribution in [1.29, 1.82) is 0 Å². The van der Waals surface area contributed by atoms with Crippen LogP contribution in [0.25, 0.3) is 0 Å². The van der Waals surface area contributed by atoms with Crippen LogP contribution in [0.4, 0.5) is 0 Å². The SMILES string of the molecule is Cc1cccc(CCC=C[C@@H]2[C@H]3CC(CCCCCNC(C)C)=C[C@H]3C[C@H]2O)c1. The molecule has 1 saturated carbocycles. The summed E-state index contributed by atoms with van der Waals surface area (Å²) < 4.78 is 0. The van der Waals surface area contributed by atoms with Gasteiger partial charge in [0.1, 0.15) is 0 Å². The minimum Gasteiger partial charge on any atom is -0.392 e. The molecule has 0 amide bonds. The van der Waals surface area contributed by atoms with Crippen LogP contribution in [0.15, 0.2) is 48.1 Å². The Bertz CT molecular complexity index is 690. The van der Waals surface area contributed by atoms with Crippen LogP contribution in [0.2, 0.25) is 0 Å². The fourth-order valence-electron chi connectivity index (χ4n) is 5.21. The third kappa shape index (κ3) is 6.83. The number of hydrogen-bond donors (Lipinski definition) is 2. The van der Waals surface area contributed by atoms with E-state index in [4.69, 9.17) is 0 Å². The third-order valence-corrected chi connectivity index (χ3v) is 6.72. The van der Waals surface area contributed by atoms with Crippen molar-refractivity contribution >= 4 is 0 Å². The molecule has 2 N–H and O–H groups in total. The third-order valence-electron chi connectivity index (χ3n) is 6.72. The molecule has 0 aliphatic heterocycles. The highest BCUT2D eigenvalue weighted by molar-refractivity contribution is 5.23. The second-order valence-electron chi connectivity index (χ2n) is 9.61. The largest absolute Gasteiger partial charge is 0.392 e. The van der Waals surface area contributed by atoms with Gasteiger partial charge in [-0.2, -0.15) is 0 Å². The molecule has 1 aromatic carbocycles. The van der Waals surface area contributed by atoms with Crippen molar-refractivity contribution in [2.45, 2.75) is 84.3 Å². The van der Waals surface area contributed by atoms with Gasteiger partial charge in [0.2, 0.25) is 0 Å². The van der Waals surface area contributed by atoms with Crippen molar-refractivity contribution in [3.05, 3.63) is 59.2 Å². The second kappa shape index (κ2) is 11.1. The highest BCUT2D eigenvalue weighted by Crippen LogP contribution is 2.48. The van der Waals surface area contributed by atoms with E-state index >= 15 is 0 Å². The Morgan fingerprint density at radius 2 is 2.03 bits per heavy atom. The molecule has 0 aromatic heterocycles. The lowest BCUT2D eigenvalue weighted by atomic mass is 9.88. The first-order valence-corrected chi connectivity index (χ1v) is 11.9. The van der Waals surface area contributed by atoms with Crippen LogP contribution in [0.3, 0.4) is 0 Å². The van der Waals surface area contributed by atoms with Gasteiger partial charge in [-0.3, -0.25) is 0 Å². The van der Waals surface area contributed by atoms with Gasteiger partial charge in [0.05, 0.1) is 6.10 Å². The van der Waals surface area contributed by atoms with Crippen molar-refractivity contribution in [1.82, 2.24) is 5.32 Å². The van der Waals surface area contributed by atoms with E-state index in [0.29, 0.717) is 23.8 Å². The lowest BCUT2D eigenvalue weighted by Crippen LogP contribution is -2.23. The zero-order valence-electron chi connectivity index (χ0n) is 18.7. The Balaban J connectivity index is 1.39. The highest BCUT2D eigenvalue weighted by atomic mass is 16.3. The summed E-state index contributed by atoms with van der Waals surface area (Å²) in [4.78, 5) is 0. The lowest BCUT2D eigenvalue weighted by Gasteiger charge is -2.18. The number of benzene rings is 1. The summed E-state index contributed by atoms with van der Waals surface area (Å²) in [5, 5.41) is 14.1. The fraction of sp³-hybridized carbons (Fsp3) is 0.630. The molecule has 4 atom stereocenters. The molecule has 3 rings (SSSR count). The molecule has 2 nitrogen and oxygen atoms in total. The van der Waals surface area contributed by atoms with E-state index in [0.717, 1.165) is 25.8 Å². The molecule has 1 fully saturated rings. The lowest BCUT2D eigenvalue weighted by molar-refractivity contribution is 0.141. The zero-order valence-corrected chi connectivity index (χ0v) is 18.7. The topological polar surface area (TPSA) is 32.3 Å². The van der Waals surface area contributed by atoms with Crippen LogP contribution < -0.4 is 5.32 Å². The van der Waals surface area contributed by atoms with E-state index in [1.165, 1.54) is 43.2 Å². The van der Waals surface area contributed by atoms with E-state index in [9.17, 15) is 5.11 Å². The van der Waals surface area contributed by atoms with Crippen molar-refractivity contribution in [3.8, 4) is 0 Å². The predicted octanol–water partition coefficient (Wildman–Crippen LogP) is 5.99. The molecule has 2 aliphatic carbocycles. The van der Waals surface area contributed by atoms with Gasteiger partial charge in [0.25, 0.3) is 0 Å². The van der Waals surface area contributed by atoms with Gasteiger partial charge in [-0.25, -0.2) is 0 Å². The standard InChI is InChI=1S/C27H41NO/c1-20(2)28-15-8-4-5-12-23-17-24-19-27(29)25(26(24)18-23)14-7-6-11-22-13-9-10-21(3)16-22/h7,9-10,13-14,16-17,20,24-29H,4-6,8,11-12,15,18-19H2,1-3H3/t24-,25+,26-,27+/m0/s1. The van der Waals surface area contributed by atoms with Crippen LogP contribution in [0.1, 0.15) is 69.9 Å². The van der Waals surface area contributed by atoms with Crippen LogP contribution in [-0.2, 0) is 6.42 Å². The number of rotatable bonds is 11. The molecule has 0 radical (unpaired) electrons. The number of aliphatic hydroxyl groups excluding tert-OH is 1. The first-order valence-electron chi connectivity index (χ1n) is 11.9. The van der Waals surface area contributed by atoms with Gasteiger partial charge < -0.3 is 10.4 Å². The minimum atomic E-state index is -0.153. The molecule has 2 aliphatic rings. The van der Waals surface area contributed by atoms with Gasteiger partial charge >= 0.3 is 0 Å². The second-order valence-corrected chi connectivity index (χ2v) is 9.61. The minimum absolute atomic E-state index is 0.153. The molecule has 0 bridgehead atoms. The van der Waals surface area contributed by atoms with Crippen molar-refractivity contribution in [3.63, 3.8) is 0 Å². The highest BCUT2D eigenvalue weighted by Gasteiger charge is 2.42. The smallest absolute Gasteiger partial charge is 0.0611 e. The van der Waals surface area contributed by atoms with Crippen molar-refractivity contribution in [2.75, 3.05) is 6.54 Å². The number of fused-ring (bicyclic) bond motifs is 1. The van der Waals surface area contributed by atoms with E-state index < -0.39 is 0 Å². The average Bonchev–Trinajstić information content (AvgIpc) is 3.18. The molecule has 2 heteroatoms. The van der Waals surface area contributed by atoms with Crippen molar-refractivity contribution < 1.29 is 5.11 Å². The van der Waals surface area contributed by atoms with Gasteiger partial charge in [-0.15, -0.1) is 0 Å². The maximum absolute atomic E-state index is 10.6. The first-order chi connectivity index (χ1) is 14.0. The van der Waals surface area contributed by atoms with Gasteiger partial charge in [0, 0.05) is 12.0 Å². The molecule has 0 heterocycles. The summed E-state index contributed by atoms with van der Waals surface area (Å²) in [6.07, 6.45) is 16.5. The number of allylic oxidation sites excluding steroid dienone is 3. The summed E-state index contributed by atoms with van der Waals surface area (Å²) >= 11 is 0. The van der Waals surface area contributed by atoms with Gasteiger partial charge in [-0.1, -0.05) is 73.9 Å². The molecule has 160 valence electrons. The predicted molar refractivity (Wildman–Crippen MR) is 124 cm³/mol. The number of aliphatic hydroxyl groups is 1. The average molecular weight is 396 g/mol. The molecular formula is C27H41NO. The summed E-state index contributed by atoms with van der Waals surface area (Å²) in [6.45, 7) is 7.72. The monoisotopic (exact) mass is 395 g/mol. The van der Waals surface area contributed by atoms with E-state index in [1.54, 1.807) is 5.57 Å². The van der Waals surface area contributed by atoms with Crippen LogP contribution >= 0.6 is 0 Å². The Labute approximate surface area is 178 Å². The quantitative estimate of drug-likeness (QED) is 0.356. The Morgan fingerprint density at radius 1 is 1.17 bits per heavy atom. The Kier molecular flexibility index (Phi) is 8.56. The molecule has 1 aromatic rings. The van der Waals surface area contributed by atoms with Crippen LogP contribution in [0, 0.1) is 24.7 Å². The summed E-state index contributed by atoms with van der Waals surface area (Å²) in [5.74, 6) is 1.59.